The molecule has 98 valence electrons. The maximum Gasteiger partial charge on any atom is 0.159 e. The Balaban J connectivity index is 2.39. The molecule has 0 amide bonds. The molecule has 0 heterocycles. The Kier molecular flexibility index (Phi) is 4.00. The van der Waals surface area contributed by atoms with E-state index in [9.17, 15) is 9.18 Å². The van der Waals surface area contributed by atoms with Crippen LogP contribution in [-0.2, 0) is 0 Å². The van der Waals surface area contributed by atoms with Crippen LogP contribution in [0, 0.1) is 5.82 Å². The number of carbonyl (C=O) groups is 1. The molecule has 2 rings (SSSR count). The van der Waals surface area contributed by atoms with E-state index >= 15 is 0 Å². The molecular formula is C15H13BrFNO. The molecule has 2 nitrogen and oxygen atoms in total. The van der Waals surface area contributed by atoms with Gasteiger partial charge in [-0.05, 0) is 59.3 Å². The normalized spacial score (nSPS) is 10.3. The Morgan fingerprint density at radius 3 is 2.53 bits per heavy atom. The van der Waals surface area contributed by atoms with Crippen LogP contribution in [0.3, 0.4) is 0 Å². The molecule has 0 aromatic heterocycles. The first-order valence-corrected chi connectivity index (χ1v) is 6.58. The third-order valence-electron chi connectivity index (χ3n) is 2.91. The minimum absolute atomic E-state index is 0.0145. The molecule has 0 radical (unpaired) electrons. The fourth-order valence-corrected chi connectivity index (χ4v) is 2.47. The number of hydrogen-bond donors (Lipinski definition) is 0. The first kappa shape index (κ1) is 13.7. The van der Waals surface area contributed by atoms with Crippen LogP contribution in [-0.4, -0.2) is 12.8 Å². The van der Waals surface area contributed by atoms with Gasteiger partial charge in [0.15, 0.2) is 5.78 Å². The van der Waals surface area contributed by atoms with E-state index in [-0.39, 0.29) is 11.6 Å². The minimum Gasteiger partial charge on any atom is -0.344 e. The van der Waals surface area contributed by atoms with Gasteiger partial charge >= 0.3 is 0 Å². The van der Waals surface area contributed by atoms with E-state index in [0.717, 1.165) is 15.8 Å². The van der Waals surface area contributed by atoms with Crippen LogP contribution in [0.5, 0.6) is 0 Å². The lowest BCUT2D eigenvalue weighted by atomic mass is 10.1. The van der Waals surface area contributed by atoms with Crippen molar-refractivity contribution in [1.29, 1.82) is 0 Å². The van der Waals surface area contributed by atoms with E-state index < -0.39 is 0 Å². The third kappa shape index (κ3) is 3.01. The van der Waals surface area contributed by atoms with Gasteiger partial charge in [-0.25, -0.2) is 4.39 Å². The highest BCUT2D eigenvalue weighted by Crippen LogP contribution is 2.31. The Morgan fingerprint density at radius 1 is 1.21 bits per heavy atom. The molecule has 0 bridgehead atoms. The summed E-state index contributed by atoms with van der Waals surface area (Å²) in [5.41, 5.74) is 2.26. The topological polar surface area (TPSA) is 20.3 Å². The van der Waals surface area contributed by atoms with Crippen LogP contribution in [0.25, 0.3) is 0 Å². The summed E-state index contributed by atoms with van der Waals surface area (Å²) in [6.45, 7) is 1.53. The summed E-state index contributed by atoms with van der Waals surface area (Å²) in [5, 5.41) is 0. The van der Waals surface area contributed by atoms with Gasteiger partial charge in [0.25, 0.3) is 0 Å². The second-order valence-corrected chi connectivity index (χ2v) is 5.12. The lowest BCUT2D eigenvalue weighted by molar-refractivity contribution is 0.101. The predicted molar refractivity (Wildman–Crippen MR) is 78.6 cm³/mol. The van der Waals surface area contributed by atoms with Crippen molar-refractivity contribution >= 4 is 33.1 Å². The molecule has 0 saturated carbocycles. The van der Waals surface area contributed by atoms with E-state index in [1.165, 1.54) is 19.1 Å². The standard InChI is InChI=1S/C15H13BrFNO/c1-10(19)11-6-7-15(14(16)8-11)18(2)13-5-3-4-12(17)9-13/h3-9H,1-2H3. The largest absolute Gasteiger partial charge is 0.344 e. The Bertz CT molecular complexity index is 627. The highest BCUT2D eigenvalue weighted by Gasteiger charge is 2.10. The van der Waals surface area contributed by atoms with Crippen LogP contribution >= 0.6 is 15.9 Å². The molecule has 0 aliphatic rings. The predicted octanol–water partition coefficient (Wildman–Crippen LogP) is 4.56. The van der Waals surface area contributed by atoms with Crippen molar-refractivity contribution in [2.45, 2.75) is 6.92 Å². The van der Waals surface area contributed by atoms with Crippen molar-refractivity contribution in [2.75, 3.05) is 11.9 Å². The molecule has 0 atom stereocenters. The summed E-state index contributed by atoms with van der Waals surface area (Å²) in [6.07, 6.45) is 0. The Hall–Kier alpha value is -1.68. The first-order chi connectivity index (χ1) is 8.99. The summed E-state index contributed by atoms with van der Waals surface area (Å²) >= 11 is 3.44. The second kappa shape index (κ2) is 5.53. The minimum atomic E-state index is -0.277. The monoisotopic (exact) mass is 321 g/mol. The molecule has 0 saturated heterocycles. The average molecular weight is 322 g/mol. The smallest absolute Gasteiger partial charge is 0.159 e. The SMILES string of the molecule is CC(=O)c1ccc(N(C)c2cccc(F)c2)c(Br)c1. The maximum absolute atomic E-state index is 13.2. The third-order valence-corrected chi connectivity index (χ3v) is 3.55. The molecule has 0 fully saturated rings. The van der Waals surface area contributed by atoms with Crippen molar-refractivity contribution in [3.63, 3.8) is 0 Å². The molecule has 0 spiro atoms. The summed E-state index contributed by atoms with van der Waals surface area (Å²) in [5.74, 6) is -0.263. The van der Waals surface area contributed by atoms with Crippen molar-refractivity contribution in [2.24, 2.45) is 0 Å². The molecule has 0 aliphatic carbocycles. The van der Waals surface area contributed by atoms with E-state index in [1.54, 1.807) is 18.2 Å². The van der Waals surface area contributed by atoms with Crippen LogP contribution < -0.4 is 4.90 Å². The van der Waals surface area contributed by atoms with Gasteiger partial charge in [0.05, 0.1) is 5.69 Å². The number of hydrogen-bond acceptors (Lipinski definition) is 2. The van der Waals surface area contributed by atoms with Gasteiger partial charge in [0.2, 0.25) is 0 Å². The van der Waals surface area contributed by atoms with E-state index in [1.807, 2.05) is 24.1 Å². The van der Waals surface area contributed by atoms with E-state index in [2.05, 4.69) is 15.9 Å². The molecule has 4 heteroatoms. The molecule has 0 N–H and O–H groups in total. The summed E-state index contributed by atoms with van der Waals surface area (Å²) < 4.78 is 14.0. The van der Waals surface area contributed by atoms with Gasteiger partial charge in [-0.2, -0.15) is 0 Å². The molecule has 2 aromatic rings. The quantitative estimate of drug-likeness (QED) is 0.772. The summed E-state index contributed by atoms with van der Waals surface area (Å²) in [7, 11) is 1.85. The van der Waals surface area contributed by atoms with Crippen molar-refractivity contribution in [3.8, 4) is 0 Å². The van der Waals surface area contributed by atoms with Gasteiger partial charge in [0.1, 0.15) is 5.82 Å². The first-order valence-electron chi connectivity index (χ1n) is 5.79. The van der Waals surface area contributed by atoms with E-state index in [0.29, 0.717) is 5.56 Å². The Morgan fingerprint density at radius 2 is 1.95 bits per heavy atom. The highest BCUT2D eigenvalue weighted by atomic mass is 79.9. The van der Waals surface area contributed by atoms with Crippen molar-refractivity contribution in [3.05, 3.63) is 58.3 Å². The molecular weight excluding hydrogens is 309 g/mol. The molecule has 0 unspecified atom stereocenters. The number of ketones is 1. The number of Topliss-reactive ketones (excluding diaryl/α,β-unsaturated/α-hetero) is 1. The van der Waals surface area contributed by atoms with Crippen LogP contribution in [0.4, 0.5) is 15.8 Å². The lowest BCUT2D eigenvalue weighted by Crippen LogP contribution is -2.10. The zero-order chi connectivity index (χ0) is 14.0. The van der Waals surface area contributed by atoms with Gasteiger partial charge in [-0.1, -0.05) is 6.07 Å². The number of nitrogens with zero attached hydrogens (tertiary/aromatic N) is 1. The van der Waals surface area contributed by atoms with Gasteiger partial charge in [-0.3, -0.25) is 4.79 Å². The van der Waals surface area contributed by atoms with Crippen molar-refractivity contribution < 1.29 is 9.18 Å². The van der Waals surface area contributed by atoms with Crippen LogP contribution in [0.15, 0.2) is 46.9 Å². The fourth-order valence-electron chi connectivity index (χ4n) is 1.82. The van der Waals surface area contributed by atoms with Gasteiger partial charge < -0.3 is 4.90 Å². The van der Waals surface area contributed by atoms with E-state index in [4.69, 9.17) is 0 Å². The maximum atomic E-state index is 13.2. The summed E-state index contributed by atoms with van der Waals surface area (Å²) in [6, 6.07) is 11.7. The number of anilines is 2. The zero-order valence-electron chi connectivity index (χ0n) is 10.7. The van der Waals surface area contributed by atoms with Crippen LogP contribution in [0.1, 0.15) is 17.3 Å². The number of carbonyl (C=O) groups excluding carboxylic acids is 1. The average Bonchev–Trinajstić information content (AvgIpc) is 2.37. The van der Waals surface area contributed by atoms with Gasteiger partial charge in [0, 0.05) is 22.8 Å². The number of halogens is 2. The summed E-state index contributed by atoms with van der Waals surface area (Å²) in [4.78, 5) is 13.2. The molecule has 2 aromatic carbocycles. The molecule has 19 heavy (non-hydrogen) atoms. The second-order valence-electron chi connectivity index (χ2n) is 4.26. The number of rotatable bonds is 3. The number of benzene rings is 2. The zero-order valence-corrected chi connectivity index (χ0v) is 12.2. The lowest BCUT2D eigenvalue weighted by Gasteiger charge is -2.21. The Labute approximate surface area is 120 Å². The van der Waals surface area contributed by atoms with Gasteiger partial charge in [-0.15, -0.1) is 0 Å². The van der Waals surface area contributed by atoms with Crippen LogP contribution in [0.2, 0.25) is 0 Å². The van der Waals surface area contributed by atoms with Crippen molar-refractivity contribution in [1.82, 2.24) is 0 Å². The molecule has 0 aliphatic heterocycles. The fraction of sp³-hybridized carbons (Fsp3) is 0.133. The highest BCUT2D eigenvalue weighted by molar-refractivity contribution is 9.10.